The van der Waals surface area contributed by atoms with Crippen molar-refractivity contribution >= 4 is 32.6 Å². The van der Waals surface area contributed by atoms with Gasteiger partial charge in [-0.2, -0.15) is 0 Å². The molecule has 7 heteroatoms. The van der Waals surface area contributed by atoms with Crippen LogP contribution in [-0.4, -0.2) is 36.9 Å². The highest BCUT2D eigenvalue weighted by Crippen LogP contribution is 2.35. The normalized spacial score (nSPS) is 17.6. The number of hydrogen-bond donors (Lipinski definition) is 0. The summed E-state index contributed by atoms with van der Waals surface area (Å²) in [4.78, 5) is 20.2. The van der Waals surface area contributed by atoms with Gasteiger partial charge in [-0.3, -0.25) is 9.69 Å². The van der Waals surface area contributed by atoms with Crippen molar-refractivity contribution in [1.82, 2.24) is 4.98 Å². The van der Waals surface area contributed by atoms with Crippen LogP contribution < -0.4 is 14.4 Å². The second-order valence-corrected chi connectivity index (χ2v) is 9.36. The fourth-order valence-electron chi connectivity index (χ4n) is 4.14. The summed E-state index contributed by atoms with van der Waals surface area (Å²) in [6, 6.07) is 11.9. The molecule has 31 heavy (non-hydrogen) atoms. The first-order chi connectivity index (χ1) is 15.1. The van der Waals surface area contributed by atoms with E-state index in [1.165, 1.54) is 5.56 Å². The van der Waals surface area contributed by atoms with E-state index in [1.54, 1.807) is 11.3 Å². The minimum Gasteiger partial charge on any atom is -0.454 e. The van der Waals surface area contributed by atoms with Gasteiger partial charge in [-0.05, 0) is 48.1 Å². The van der Waals surface area contributed by atoms with E-state index in [-0.39, 0.29) is 25.2 Å². The molecule has 1 unspecified atom stereocenters. The van der Waals surface area contributed by atoms with E-state index >= 15 is 0 Å². The molecule has 5 rings (SSSR count). The third-order valence-electron chi connectivity index (χ3n) is 5.80. The van der Waals surface area contributed by atoms with E-state index < -0.39 is 0 Å². The van der Waals surface area contributed by atoms with Crippen molar-refractivity contribution in [3.05, 3.63) is 47.5 Å². The van der Waals surface area contributed by atoms with E-state index in [9.17, 15) is 4.79 Å². The number of rotatable bonds is 6. The Hall–Kier alpha value is -2.64. The molecule has 1 saturated heterocycles. The lowest BCUT2D eigenvalue weighted by atomic mass is 10.0. The largest absolute Gasteiger partial charge is 0.454 e. The monoisotopic (exact) mass is 438 g/mol. The van der Waals surface area contributed by atoms with Gasteiger partial charge in [0, 0.05) is 6.61 Å². The Labute approximate surface area is 185 Å². The fraction of sp³-hybridized carbons (Fsp3) is 0.417. The van der Waals surface area contributed by atoms with Gasteiger partial charge in [0.2, 0.25) is 12.7 Å². The summed E-state index contributed by atoms with van der Waals surface area (Å²) in [5.41, 5.74) is 3.10. The molecule has 1 fully saturated rings. The average molecular weight is 439 g/mol. The highest BCUT2D eigenvalue weighted by molar-refractivity contribution is 7.22. The predicted molar refractivity (Wildman–Crippen MR) is 121 cm³/mol. The Morgan fingerprint density at radius 1 is 1.23 bits per heavy atom. The molecular weight excluding hydrogens is 412 g/mol. The summed E-state index contributed by atoms with van der Waals surface area (Å²) in [5.74, 6) is 1.80. The molecule has 1 amide bonds. The van der Waals surface area contributed by atoms with Crippen LogP contribution in [-0.2, 0) is 16.0 Å². The summed E-state index contributed by atoms with van der Waals surface area (Å²) in [7, 11) is 0. The molecule has 1 aromatic heterocycles. The molecular formula is C24H26N2O4S. The number of carbonyl (C=O) groups is 1. The third-order valence-corrected chi connectivity index (χ3v) is 6.84. The molecule has 0 saturated carbocycles. The molecule has 162 valence electrons. The fourth-order valence-corrected chi connectivity index (χ4v) is 5.17. The molecule has 0 spiro atoms. The SMILES string of the molecule is CC(C)c1cccc2sc(N(CC3CCCO3)C(=O)Cc3ccc4c(c3)OCO4)nc12. The zero-order chi connectivity index (χ0) is 21.4. The summed E-state index contributed by atoms with van der Waals surface area (Å²) >= 11 is 1.57. The Bertz CT molecular complexity index is 1100. The van der Waals surface area contributed by atoms with E-state index in [0.29, 0.717) is 18.2 Å². The molecule has 2 aliphatic heterocycles. The number of para-hydroxylation sites is 1. The molecule has 0 radical (unpaired) electrons. The van der Waals surface area contributed by atoms with Crippen LogP contribution in [0.4, 0.5) is 5.13 Å². The van der Waals surface area contributed by atoms with Crippen LogP contribution in [0.3, 0.4) is 0 Å². The van der Waals surface area contributed by atoms with Crippen molar-refractivity contribution in [2.45, 2.75) is 45.1 Å². The lowest BCUT2D eigenvalue weighted by Gasteiger charge is -2.23. The summed E-state index contributed by atoms with van der Waals surface area (Å²) < 4.78 is 17.8. The molecule has 1 atom stereocenters. The molecule has 3 aromatic rings. The number of ether oxygens (including phenoxy) is 3. The average Bonchev–Trinajstić information content (AvgIpc) is 3.50. The van der Waals surface area contributed by atoms with Crippen molar-refractivity contribution < 1.29 is 19.0 Å². The first kappa shape index (κ1) is 20.3. The minimum atomic E-state index is 0.0134. The van der Waals surface area contributed by atoms with Crippen molar-refractivity contribution in [3.8, 4) is 11.5 Å². The zero-order valence-electron chi connectivity index (χ0n) is 17.8. The lowest BCUT2D eigenvalue weighted by Crippen LogP contribution is -2.38. The number of aromatic nitrogens is 1. The zero-order valence-corrected chi connectivity index (χ0v) is 18.6. The Balaban J connectivity index is 1.45. The second-order valence-electron chi connectivity index (χ2n) is 8.35. The van der Waals surface area contributed by atoms with Gasteiger partial charge in [-0.25, -0.2) is 4.98 Å². The van der Waals surface area contributed by atoms with Crippen LogP contribution in [0.1, 0.15) is 43.7 Å². The molecule has 2 aromatic carbocycles. The topological polar surface area (TPSA) is 60.9 Å². The van der Waals surface area contributed by atoms with Gasteiger partial charge in [0.15, 0.2) is 16.6 Å². The molecule has 0 N–H and O–H groups in total. The molecule has 2 aliphatic rings. The number of thiazole rings is 1. The van der Waals surface area contributed by atoms with Crippen molar-refractivity contribution in [2.24, 2.45) is 0 Å². The van der Waals surface area contributed by atoms with E-state index in [0.717, 1.165) is 46.1 Å². The second kappa shape index (κ2) is 8.48. The van der Waals surface area contributed by atoms with Crippen molar-refractivity contribution in [3.63, 3.8) is 0 Å². The van der Waals surface area contributed by atoms with Crippen LogP contribution in [0.15, 0.2) is 36.4 Å². The lowest BCUT2D eigenvalue weighted by molar-refractivity contribution is -0.118. The van der Waals surface area contributed by atoms with Gasteiger partial charge in [0.25, 0.3) is 0 Å². The van der Waals surface area contributed by atoms with Crippen LogP contribution in [0.25, 0.3) is 10.2 Å². The molecule has 6 nitrogen and oxygen atoms in total. The number of anilines is 1. The quantitative estimate of drug-likeness (QED) is 0.548. The first-order valence-corrected chi connectivity index (χ1v) is 11.6. The van der Waals surface area contributed by atoms with Gasteiger partial charge in [0.1, 0.15) is 0 Å². The molecule has 0 bridgehead atoms. The maximum absolute atomic E-state index is 13.5. The number of hydrogen-bond acceptors (Lipinski definition) is 6. The van der Waals surface area contributed by atoms with Crippen LogP contribution in [0, 0.1) is 0 Å². The maximum Gasteiger partial charge on any atom is 0.233 e. The Kier molecular flexibility index (Phi) is 5.54. The highest BCUT2D eigenvalue weighted by atomic mass is 32.1. The predicted octanol–water partition coefficient (Wildman–Crippen LogP) is 4.90. The first-order valence-electron chi connectivity index (χ1n) is 10.8. The summed E-state index contributed by atoms with van der Waals surface area (Å²) in [5, 5.41) is 0.740. The minimum absolute atomic E-state index is 0.0134. The Morgan fingerprint density at radius 2 is 2.10 bits per heavy atom. The van der Waals surface area contributed by atoms with E-state index in [4.69, 9.17) is 19.2 Å². The molecule has 0 aliphatic carbocycles. The number of carbonyl (C=O) groups excluding carboxylic acids is 1. The van der Waals surface area contributed by atoms with Crippen molar-refractivity contribution in [1.29, 1.82) is 0 Å². The van der Waals surface area contributed by atoms with E-state index in [2.05, 4.69) is 32.0 Å². The van der Waals surface area contributed by atoms with Crippen LogP contribution >= 0.6 is 11.3 Å². The number of amides is 1. The van der Waals surface area contributed by atoms with Gasteiger partial charge in [-0.15, -0.1) is 0 Å². The van der Waals surface area contributed by atoms with Crippen LogP contribution in [0.5, 0.6) is 11.5 Å². The maximum atomic E-state index is 13.5. The standard InChI is InChI=1S/C24H26N2O4S/c1-15(2)18-6-3-7-21-23(18)25-24(31-21)26(13-17-5-4-10-28-17)22(27)12-16-8-9-19-20(11-16)30-14-29-19/h3,6-9,11,15,17H,4-5,10,12-14H2,1-2H3. The number of nitrogens with zero attached hydrogens (tertiary/aromatic N) is 2. The Morgan fingerprint density at radius 3 is 2.90 bits per heavy atom. The highest BCUT2D eigenvalue weighted by Gasteiger charge is 2.27. The summed E-state index contributed by atoms with van der Waals surface area (Å²) in [6.07, 6.45) is 2.33. The van der Waals surface area contributed by atoms with Gasteiger partial charge >= 0.3 is 0 Å². The third kappa shape index (κ3) is 4.12. The number of benzene rings is 2. The van der Waals surface area contributed by atoms with Crippen LogP contribution in [0.2, 0.25) is 0 Å². The van der Waals surface area contributed by atoms with E-state index in [1.807, 2.05) is 23.1 Å². The summed E-state index contributed by atoms with van der Waals surface area (Å²) in [6.45, 7) is 5.85. The number of fused-ring (bicyclic) bond motifs is 2. The molecule has 3 heterocycles. The smallest absolute Gasteiger partial charge is 0.233 e. The van der Waals surface area contributed by atoms with Gasteiger partial charge < -0.3 is 14.2 Å². The van der Waals surface area contributed by atoms with Gasteiger partial charge in [-0.1, -0.05) is 43.4 Å². The van der Waals surface area contributed by atoms with Gasteiger partial charge in [0.05, 0.1) is 29.3 Å². The van der Waals surface area contributed by atoms with Crippen molar-refractivity contribution in [2.75, 3.05) is 24.8 Å².